The Morgan fingerprint density at radius 2 is 2.00 bits per heavy atom. The van der Waals surface area contributed by atoms with Gasteiger partial charge in [0.05, 0.1) is 5.69 Å². The van der Waals surface area contributed by atoms with Gasteiger partial charge in [-0.1, -0.05) is 0 Å². The van der Waals surface area contributed by atoms with Crippen LogP contribution in [0.15, 0.2) is 29.0 Å². The summed E-state index contributed by atoms with van der Waals surface area (Å²) in [5.41, 5.74) is 0.775. The minimum absolute atomic E-state index is 0.0708. The Bertz CT molecular complexity index is 924. The van der Waals surface area contributed by atoms with Crippen molar-refractivity contribution in [3.05, 3.63) is 40.3 Å². The van der Waals surface area contributed by atoms with Gasteiger partial charge in [-0.15, -0.1) is 0 Å². The molecule has 2 aromatic heterocycles. The first-order chi connectivity index (χ1) is 12.8. The minimum atomic E-state index is -1.12. The van der Waals surface area contributed by atoms with Gasteiger partial charge in [0.1, 0.15) is 11.9 Å². The second-order valence-electron chi connectivity index (χ2n) is 6.83. The third-order valence-electron chi connectivity index (χ3n) is 4.15. The van der Waals surface area contributed by atoms with Gasteiger partial charge in [-0.2, -0.15) is 15.0 Å². The second-order valence-corrected chi connectivity index (χ2v) is 6.83. The number of nitrogens with one attached hydrogen (secondary N) is 2. The molecule has 3 N–H and O–H groups in total. The quantitative estimate of drug-likeness (QED) is 0.738. The molecule has 1 aliphatic carbocycles. The molecule has 0 saturated heterocycles. The fourth-order valence-corrected chi connectivity index (χ4v) is 2.82. The first kappa shape index (κ1) is 19.0. The first-order valence-electron chi connectivity index (χ1n) is 8.87. The average Bonchev–Trinajstić information content (AvgIpc) is 2.60. The first-order valence-corrected chi connectivity index (χ1v) is 8.87. The minimum Gasteiger partial charge on any atom is -0.386 e. The number of aliphatic hydroxyl groups excluding tert-OH is 1. The largest absolute Gasteiger partial charge is 0.386 e. The molecule has 0 radical (unpaired) electrons. The summed E-state index contributed by atoms with van der Waals surface area (Å²) >= 11 is 0. The van der Waals surface area contributed by atoms with Crippen LogP contribution in [0, 0.1) is 0 Å². The highest BCUT2D eigenvalue weighted by atomic mass is 19.1. The lowest BCUT2D eigenvalue weighted by atomic mass is 9.96. The van der Waals surface area contributed by atoms with Gasteiger partial charge in [0.2, 0.25) is 17.5 Å². The highest BCUT2D eigenvalue weighted by molar-refractivity contribution is 5.66. The summed E-state index contributed by atoms with van der Waals surface area (Å²) in [5.74, 6) is 0.137. The number of anilines is 3. The highest BCUT2D eigenvalue weighted by Crippen LogP contribution is 2.32. The molecular weight excluding hydrogens is 351 g/mol. The third-order valence-corrected chi connectivity index (χ3v) is 4.15. The Morgan fingerprint density at radius 3 is 2.70 bits per heavy atom. The molecule has 27 heavy (non-hydrogen) atoms. The van der Waals surface area contributed by atoms with E-state index < -0.39 is 11.9 Å². The molecule has 1 unspecified atom stereocenters. The molecule has 1 aliphatic rings. The van der Waals surface area contributed by atoms with Crippen LogP contribution in [0.1, 0.15) is 38.9 Å². The molecule has 0 spiro atoms. The zero-order chi connectivity index (χ0) is 19.6. The van der Waals surface area contributed by atoms with Crippen LogP contribution in [0.25, 0.3) is 5.57 Å². The summed E-state index contributed by atoms with van der Waals surface area (Å²) in [6.45, 7) is 3.88. The van der Waals surface area contributed by atoms with Gasteiger partial charge in [-0.05, 0) is 39.2 Å². The van der Waals surface area contributed by atoms with Gasteiger partial charge >= 0.3 is 0 Å². The van der Waals surface area contributed by atoms with Gasteiger partial charge in [0.25, 0.3) is 0 Å². The van der Waals surface area contributed by atoms with Crippen LogP contribution in [0.5, 0.6) is 0 Å². The van der Waals surface area contributed by atoms with Crippen molar-refractivity contribution >= 4 is 23.2 Å². The summed E-state index contributed by atoms with van der Waals surface area (Å²) in [6.07, 6.45) is 2.00. The van der Waals surface area contributed by atoms with Crippen molar-refractivity contribution in [2.24, 2.45) is 7.05 Å². The Hall–Kier alpha value is -2.81. The number of rotatable bonds is 5. The van der Waals surface area contributed by atoms with Crippen molar-refractivity contribution in [2.75, 3.05) is 10.6 Å². The highest BCUT2D eigenvalue weighted by Gasteiger charge is 2.25. The Balaban J connectivity index is 2.01. The van der Waals surface area contributed by atoms with Gasteiger partial charge in [-0.25, -0.2) is 4.39 Å². The van der Waals surface area contributed by atoms with Gasteiger partial charge < -0.3 is 20.3 Å². The normalized spacial score (nSPS) is 17.3. The van der Waals surface area contributed by atoms with E-state index >= 15 is 0 Å². The topological polar surface area (TPSA) is 105 Å². The summed E-state index contributed by atoms with van der Waals surface area (Å²) < 4.78 is 15.9. The lowest BCUT2D eigenvalue weighted by Gasteiger charge is -2.20. The molecule has 0 aromatic carbocycles. The predicted molar refractivity (Wildman–Crippen MR) is 101 cm³/mol. The van der Waals surface area contributed by atoms with Crippen LogP contribution in [0.3, 0.4) is 0 Å². The van der Waals surface area contributed by atoms with E-state index in [9.17, 15) is 14.3 Å². The predicted octanol–water partition coefficient (Wildman–Crippen LogP) is 2.36. The Kier molecular flexibility index (Phi) is 5.50. The number of aromatic nitrogens is 4. The third kappa shape index (κ3) is 4.48. The van der Waals surface area contributed by atoms with Crippen LogP contribution < -0.4 is 16.2 Å². The summed E-state index contributed by atoms with van der Waals surface area (Å²) in [5, 5.41) is 15.9. The lowest BCUT2D eigenvalue weighted by Crippen LogP contribution is -2.18. The number of hydrogen-bond acceptors (Lipinski definition) is 7. The molecule has 2 aromatic rings. The molecular formula is C18H23FN6O2. The van der Waals surface area contributed by atoms with E-state index in [0.29, 0.717) is 36.5 Å². The molecule has 2 heterocycles. The van der Waals surface area contributed by atoms with E-state index in [2.05, 4.69) is 25.6 Å². The summed E-state index contributed by atoms with van der Waals surface area (Å²) in [4.78, 5) is 24.5. The molecule has 0 amide bonds. The van der Waals surface area contributed by atoms with Crippen LogP contribution in [0.4, 0.5) is 22.0 Å². The van der Waals surface area contributed by atoms with E-state index in [1.807, 2.05) is 13.8 Å². The average molecular weight is 374 g/mol. The van der Waals surface area contributed by atoms with Crippen molar-refractivity contribution in [3.63, 3.8) is 0 Å². The molecule has 144 valence electrons. The molecule has 0 aliphatic heterocycles. The van der Waals surface area contributed by atoms with Crippen LogP contribution in [-0.2, 0) is 7.05 Å². The van der Waals surface area contributed by atoms with E-state index in [4.69, 9.17) is 0 Å². The molecule has 9 heteroatoms. The number of aryl methyl sites for hydroxylation is 1. The SMILES string of the molecule is CC(C)Nc1nc(Nc2ccc(=O)n(C)c2)nc(C2=C(F)C(O)CCC2)n1. The van der Waals surface area contributed by atoms with E-state index in [1.165, 1.54) is 10.6 Å². The number of hydrogen-bond donors (Lipinski definition) is 3. The molecule has 3 rings (SSSR count). The number of nitrogens with zero attached hydrogens (tertiary/aromatic N) is 4. The summed E-state index contributed by atoms with van der Waals surface area (Å²) in [7, 11) is 1.64. The smallest absolute Gasteiger partial charge is 0.250 e. The van der Waals surface area contributed by atoms with Crippen molar-refractivity contribution < 1.29 is 9.50 Å². The number of halogens is 1. The maximum atomic E-state index is 14.4. The van der Waals surface area contributed by atoms with Crippen molar-refractivity contribution in [1.82, 2.24) is 19.5 Å². The monoisotopic (exact) mass is 374 g/mol. The van der Waals surface area contributed by atoms with Crippen LogP contribution in [-0.4, -0.2) is 36.8 Å². The van der Waals surface area contributed by atoms with Gasteiger partial charge in [-0.3, -0.25) is 4.79 Å². The molecule has 0 fully saturated rings. The van der Waals surface area contributed by atoms with Crippen molar-refractivity contribution in [1.29, 1.82) is 0 Å². The summed E-state index contributed by atoms with van der Waals surface area (Å²) in [6, 6.07) is 3.12. The van der Waals surface area contributed by atoms with Gasteiger partial charge in [0.15, 0.2) is 5.82 Å². The molecule has 0 saturated carbocycles. The van der Waals surface area contributed by atoms with Crippen molar-refractivity contribution in [3.8, 4) is 0 Å². The van der Waals surface area contributed by atoms with Crippen LogP contribution in [0.2, 0.25) is 0 Å². The van der Waals surface area contributed by atoms with Crippen molar-refractivity contribution in [2.45, 2.75) is 45.3 Å². The fourth-order valence-electron chi connectivity index (χ4n) is 2.82. The zero-order valence-electron chi connectivity index (χ0n) is 15.5. The number of aliphatic hydroxyl groups is 1. The van der Waals surface area contributed by atoms with E-state index in [0.717, 1.165) is 0 Å². The number of pyridine rings is 1. The van der Waals surface area contributed by atoms with Crippen LogP contribution >= 0.6 is 0 Å². The van der Waals surface area contributed by atoms with E-state index in [1.54, 1.807) is 19.3 Å². The maximum Gasteiger partial charge on any atom is 0.250 e. The second kappa shape index (κ2) is 7.83. The zero-order valence-corrected chi connectivity index (χ0v) is 15.5. The fraction of sp³-hybridized carbons (Fsp3) is 0.444. The number of allylic oxidation sites excluding steroid dienone is 1. The molecule has 0 bridgehead atoms. The van der Waals surface area contributed by atoms with Gasteiger partial charge in [0, 0.05) is 30.9 Å². The molecule has 8 nitrogen and oxygen atoms in total. The maximum absolute atomic E-state index is 14.4. The van der Waals surface area contributed by atoms with E-state index in [-0.39, 0.29) is 23.4 Å². The Morgan fingerprint density at radius 1 is 1.26 bits per heavy atom. The Labute approximate surface area is 156 Å². The molecule has 1 atom stereocenters. The lowest BCUT2D eigenvalue weighted by molar-refractivity contribution is 0.165. The standard InChI is InChI=1S/C18H23FN6O2/c1-10(2)20-17-22-16(12-5-4-6-13(26)15(12)19)23-18(24-17)21-11-7-8-14(27)25(3)9-11/h7-10,13,26H,4-6H2,1-3H3,(H2,20,21,22,23,24).